The van der Waals surface area contributed by atoms with E-state index in [-0.39, 0.29) is 29.2 Å². The number of benzene rings is 2. The first-order chi connectivity index (χ1) is 13.0. The second-order valence-electron chi connectivity index (χ2n) is 6.54. The predicted molar refractivity (Wildman–Crippen MR) is 106 cm³/mol. The van der Waals surface area contributed by atoms with Crippen LogP contribution in [0.4, 0.5) is 15.8 Å². The van der Waals surface area contributed by atoms with Crippen molar-refractivity contribution in [3.63, 3.8) is 0 Å². The first-order valence-corrected chi connectivity index (χ1v) is 9.68. The Morgan fingerprint density at radius 2 is 2.22 bits per heavy atom. The van der Waals surface area contributed by atoms with E-state index in [0.29, 0.717) is 28.8 Å². The van der Waals surface area contributed by atoms with Gasteiger partial charge in [-0.25, -0.2) is 9.37 Å². The molecule has 8 heteroatoms. The molecule has 1 saturated carbocycles. The third-order valence-electron chi connectivity index (χ3n) is 4.43. The van der Waals surface area contributed by atoms with E-state index in [4.69, 9.17) is 16.3 Å². The molecule has 0 spiro atoms. The van der Waals surface area contributed by atoms with Crippen molar-refractivity contribution in [3.8, 4) is 0 Å². The van der Waals surface area contributed by atoms with Gasteiger partial charge in [0, 0.05) is 10.0 Å². The zero-order valence-electron chi connectivity index (χ0n) is 14.2. The van der Waals surface area contributed by atoms with Crippen LogP contribution in [0.5, 0.6) is 0 Å². The fourth-order valence-corrected chi connectivity index (χ4v) is 3.51. The Kier molecular flexibility index (Phi) is 5.16. The number of nitrogens with one attached hydrogen (secondary N) is 2. The summed E-state index contributed by atoms with van der Waals surface area (Å²) in [5, 5.41) is 3.35. The molecule has 0 aliphatic heterocycles. The van der Waals surface area contributed by atoms with Crippen molar-refractivity contribution in [3.05, 3.63) is 51.5 Å². The van der Waals surface area contributed by atoms with Crippen LogP contribution >= 0.6 is 27.5 Å². The Morgan fingerprint density at radius 1 is 1.41 bits per heavy atom. The summed E-state index contributed by atoms with van der Waals surface area (Å²) in [5.74, 6) is -0.371. The number of aromatic nitrogens is 2. The second-order valence-corrected chi connectivity index (χ2v) is 7.87. The highest BCUT2D eigenvalue weighted by molar-refractivity contribution is 9.10. The van der Waals surface area contributed by atoms with Crippen LogP contribution in [-0.4, -0.2) is 29.0 Å². The molecule has 0 unspecified atom stereocenters. The van der Waals surface area contributed by atoms with E-state index < -0.39 is 5.82 Å². The summed E-state index contributed by atoms with van der Waals surface area (Å²) in [6.45, 7) is 0.458. The zero-order valence-corrected chi connectivity index (χ0v) is 16.5. The lowest BCUT2D eigenvalue weighted by Gasteiger charge is -2.14. The van der Waals surface area contributed by atoms with E-state index in [9.17, 15) is 4.79 Å². The number of halogens is 3. The maximum atomic E-state index is 15.1. The maximum absolute atomic E-state index is 15.1. The summed E-state index contributed by atoms with van der Waals surface area (Å²) in [6, 6.07) is 6.76. The van der Waals surface area contributed by atoms with Gasteiger partial charge in [0.2, 0.25) is 0 Å². The Bertz CT molecular complexity index is 1020. The van der Waals surface area contributed by atoms with E-state index in [1.165, 1.54) is 6.33 Å². The molecule has 1 aliphatic rings. The molecule has 0 saturated heterocycles. The molecule has 3 aromatic rings. The standard InChI is InChI=1S/C19H16BrClFN3O2/c20-11-3-4-14(13(21)5-11)25-18-12(16(26)8-27-7-10-1-2-10)6-15-19(17(18)22)24-9-23-15/h3-6,9-10,25H,1-2,7-8H2,(H,23,24). The maximum Gasteiger partial charge on any atom is 0.190 e. The van der Waals surface area contributed by atoms with E-state index >= 15 is 4.39 Å². The number of carbonyl (C=O) groups excluding carboxylic acids is 1. The number of rotatable bonds is 7. The largest absolute Gasteiger partial charge is 0.373 e. The van der Waals surface area contributed by atoms with Gasteiger partial charge in [-0.05, 0) is 43.0 Å². The lowest BCUT2D eigenvalue weighted by atomic mass is 10.1. The topological polar surface area (TPSA) is 67.0 Å². The van der Waals surface area contributed by atoms with Crippen molar-refractivity contribution < 1.29 is 13.9 Å². The van der Waals surface area contributed by atoms with E-state index in [1.807, 2.05) is 0 Å². The average Bonchev–Trinajstić information content (AvgIpc) is 3.33. The molecule has 1 aliphatic carbocycles. The fourth-order valence-electron chi connectivity index (χ4n) is 2.79. The van der Waals surface area contributed by atoms with Crippen LogP contribution in [-0.2, 0) is 4.74 Å². The Balaban J connectivity index is 1.69. The SMILES string of the molecule is O=C(COCC1CC1)c1cc2[nH]cnc2c(F)c1Nc1ccc(Br)cc1Cl. The van der Waals surface area contributed by atoms with Crippen LogP contribution in [0.2, 0.25) is 5.02 Å². The molecule has 1 aromatic heterocycles. The average molecular weight is 453 g/mol. The van der Waals surface area contributed by atoms with Gasteiger partial charge in [-0.3, -0.25) is 4.79 Å². The number of carbonyl (C=O) groups is 1. The van der Waals surface area contributed by atoms with Gasteiger partial charge in [0.25, 0.3) is 0 Å². The number of hydrogen-bond donors (Lipinski definition) is 2. The number of ether oxygens (including phenoxy) is 1. The summed E-state index contributed by atoms with van der Waals surface area (Å²) in [5.41, 5.74) is 1.33. The third kappa shape index (κ3) is 4.00. The van der Waals surface area contributed by atoms with Crippen LogP contribution < -0.4 is 5.32 Å². The predicted octanol–water partition coefficient (Wildman–Crippen LogP) is 5.47. The monoisotopic (exact) mass is 451 g/mol. The van der Waals surface area contributed by atoms with Crippen molar-refractivity contribution in [2.45, 2.75) is 12.8 Å². The highest BCUT2D eigenvalue weighted by atomic mass is 79.9. The second kappa shape index (κ2) is 7.58. The van der Waals surface area contributed by atoms with Gasteiger partial charge in [-0.15, -0.1) is 0 Å². The normalized spacial score (nSPS) is 13.9. The number of imidazole rings is 1. The minimum Gasteiger partial charge on any atom is -0.373 e. The van der Waals surface area contributed by atoms with Gasteiger partial charge in [0.15, 0.2) is 11.6 Å². The van der Waals surface area contributed by atoms with E-state index in [2.05, 4.69) is 31.2 Å². The molecule has 4 rings (SSSR count). The molecule has 0 amide bonds. The summed E-state index contributed by atoms with van der Waals surface area (Å²) >= 11 is 9.58. The highest BCUT2D eigenvalue weighted by Gasteiger charge is 2.24. The number of fused-ring (bicyclic) bond motifs is 1. The summed E-state index contributed by atoms with van der Waals surface area (Å²) in [4.78, 5) is 19.6. The molecule has 0 radical (unpaired) electrons. The first kappa shape index (κ1) is 18.4. The molecule has 1 heterocycles. The van der Waals surface area contributed by atoms with Gasteiger partial charge in [0.1, 0.15) is 12.1 Å². The Labute approximate surface area is 168 Å². The minimum atomic E-state index is -0.613. The van der Waals surface area contributed by atoms with Crippen LogP contribution in [0, 0.1) is 11.7 Å². The molecular weight excluding hydrogens is 437 g/mol. The number of Topliss-reactive ketones (excluding diaryl/α,β-unsaturated/α-hetero) is 1. The summed E-state index contributed by atoms with van der Waals surface area (Å²) in [6.07, 6.45) is 3.66. The molecule has 2 aromatic carbocycles. The minimum absolute atomic E-state index is 0.0406. The van der Waals surface area contributed by atoms with Crippen molar-refractivity contribution >= 4 is 55.7 Å². The van der Waals surface area contributed by atoms with Gasteiger partial charge in [-0.1, -0.05) is 27.5 Å². The molecule has 5 nitrogen and oxygen atoms in total. The molecular formula is C19H16BrClFN3O2. The molecule has 27 heavy (non-hydrogen) atoms. The lowest BCUT2D eigenvalue weighted by Crippen LogP contribution is -2.14. The summed E-state index contributed by atoms with van der Waals surface area (Å²) < 4.78 is 21.4. The fraction of sp³-hybridized carbons (Fsp3) is 0.263. The smallest absolute Gasteiger partial charge is 0.190 e. The number of aromatic amines is 1. The van der Waals surface area contributed by atoms with Gasteiger partial charge >= 0.3 is 0 Å². The van der Waals surface area contributed by atoms with Crippen LogP contribution in [0.15, 0.2) is 35.1 Å². The Hall–Kier alpha value is -1.96. The van der Waals surface area contributed by atoms with Gasteiger partial charge in [-0.2, -0.15) is 0 Å². The van der Waals surface area contributed by atoms with Crippen molar-refractivity contribution in [1.29, 1.82) is 0 Å². The first-order valence-electron chi connectivity index (χ1n) is 8.51. The number of H-pyrrole nitrogens is 1. The van der Waals surface area contributed by atoms with Crippen molar-refractivity contribution in [1.82, 2.24) is 9.97 Å². The number of anilines is 2. The van der Waals surface area contributed by atoms with Crippen LogP contribution in [0.25, 0.3) is 11.0 Å². The van der Waals surface area contributed by atoms with Crippen LogP contribution in [0.1, 0.15) is 23.2 Å². The highest BCUT2D eigenvalue weighted by Crippen LogP contribution is 2.34. The number of hydrogen-bond acceptors (Lipinski definition) is 4. The van der Waals surface area contributed by atoms with Gasteiger partial charge < -0.3 is 15.0 Å². The molecule has 1 fully saturated rings. The number of nitrogens with zero attached hydrogens (tertiary/aromatic N) is 1. The van der Waals surface area contributed by atoms with Crippen molar-refractivity contribution in [2.75, 3.05) is 18.5 Å². The number of ketones is 1. The zero-order chi connectivity index (χ0) is 19.0. The third-order valence-corrected chi connectivity index (χ3v) is 5.24. The van der Waals surface area contributed by atoms with E-state index in [0.717, 1.165) is 17.3 Å². The molecule has 0 atom stereocenters. The molecule has 0 bridgehead atoms. The van der Waals surface area contributed by atoms with Crippen LogP contribution in [0.3, 0.4) is 0 Å². The lowest BCUT2D eigenvalue weighted by molar-refractivity contribution is 0.0740. The Morgan fingerprint density at radius 3 is 2.96 bits per heavy atom. The van der Waals surface area contributed by atoms with Gasteiger partial charge in [0.05, 0.1) is 34.8 Å². The molecule has 2 N–H and O–H groups in total. The quantitative estimate of drug-likeness (QED) is 0.466. The van der Waals surface area contributed by atoms with Crippen molar-refractivity contribution in [2.24, 2.45) is 5.92 Å². The summed E-state index contributed by atoms with van der Waals surface area (Å²) in [7, 11) is 0. The van der Waals surface area contributed by atoms with E-state index in [1.54, 1.807) is 24.3 Å². The molecule has 140 valence electrons.